The first kappa shape index (κ1) is 9.12. The second kappa shape index (κ2) is 4.15. The monoisotopic (exact) mass is 154 g/mol. The van der Waals surface area contributed by atoms with E-state index in [2.05, 4.69) is 7.85 Å². The first-order valence-electron chi connectivity index (χ1n) is 4.82. The van der Waals surface area contributed by atoms with Crippen molar-refractivity contribution in [1.82, 2.24) is 0 Å². The predicted octanol–water partition coefficient (Wildman–Crippen LogP) is 1.71. The van der Waals surface area contributed by atoms with E-state index in [0.717, 1.165) is 0 Å². The van der Waals surface area contributed by atoms with Crippen molar-refractivity contribution in [3.63, 3.8) is 0 Å². The molecule has 2 heteroatoms. The molecule has 1 nitrogen and oxygen atoms in total. The van der Waals surface area contributed by atoms with Gasteiger partial charge in [0.05, 0.1) is 0 Å². The third kappa shape index (κ3) is 2.86. The summed E-state index contributed by atoms with van der Waals surface area (Å²) in [5, 5.41) is 0. The number of ether oxygens (including phenoxy) is 1. The van der Waals surface area contributed by atoms with Crippen molar-refractivity contribution in [1.29, 1.82) is 0 Å². The molecule has 64 valence electrons. The highest BCUT2D eigenvalue weighted by Gasteiger charge is 2.23. The molecule has 1 rings (SSSR count). The van der Waals surface area contributed by atoms with E-state index in [9.17, 15) is 0 Å². The highest BCUT2D eigenvalue weighted by atomic mass is 16.5. The maximum absolute atomic E-state index is 5.51. The zero-order chi connectivity index (χ0) is 8.16. The molecular formula is C9H19BO. The zero-order valence-corrected chi connectivity index (χ0v) is 7.86. The maximum Gasteiger partial charge on any atom is 0.143 e. The minimum absolute atomic E-state index is 0.195. The maximum atomic E-state index is 5.51. The Morgan fingerprint density at radius 1 is 1.00 bits per heavy atom. The van der Waals surface area contributed by atoms with Gasteiger partial charge in [-0.05, 0) is 12.8 Å². The Labute approximate surface area is 70.9 Å². The van der Waals surface area contributed by atoms with Gasteiger partial charge in [-0.2, -0.15) is 0 Å². The SMILES string of the molecule is BC1(OC)CCCCCCC1. The molecule has 0 aliphatic heterocycles. The van der Waals surface area contributed by atoms with Crippen LogP contribution in [0.15, 0.2) is 0 Å². The molecule has 1 aliphatic carbocycles. The number of rotatable bonds is 1. The van der Waals surface area contributed by atoms with E-state index >= 15 is 0 Å². The lowest BCUT2D eigenvalue weighted by molar-refractivity contribution is 0.0406. The fourth-order valence-electron chi connectivity index (χ4n) is 1.86. The summed E-state index contributed by atoms with van der Waals surface area (Å²) >= 11 is 0. The third-order valence-electron chi connectivity index (χ3n) is 2.90. The summed E-state index contributed by atoms with van der Waals surface area (Å²) in [7, 11) is 4.10. The van der Waals surface area contributed by atoms with E-state index in [4.69, 9.17) is 4.74 Å². The molecule has 0 aromatic carbocycles. The second-order valence-corrected chi connectivity index (χ2v) is 3.92. The first-order chi connectivity index (χ1) is 5.27. The standard InChI is InChI=1S/C9H19BO/c1-11-9(10)7-5-3-2-4-6-8-9/h2-8,10H2,1H3. The van der Waals surface area contributed by atoms with Crippen molar-refractivity contribution < 1.29 is 4.74 Å². The molecule has 0 N–H and O–H groups in total. The molecule has 0 saturated heterocycles. The van der Waals surface area contributed by atoms with Gasteiger partial charge in [0.1, 0.15) is 7.85 Å². The summed E-state index contributed by atoms with van der Waals surface area (Å²) in [5.74, 6) is 0. The molecule has 0 unspecified atom stereocenters. The Morgan fingerprint density at radius 3 is 1.91 bits per heavy atom. The quantitative estimate of drug-likeness (QED) is 0.522. The van der Waals surface area contributed by atoms with E-state index in [-0.39, 0.29) is 5.50 Å². The van der Waals surface area contributed by atoms with Crippen LogP contribution in [-0.4, -0.2) is 20.5 Å². The summed E-state index contributed by atoms with van der Waals surface area (Å²) in [5.41, 5.74) is 0.195. The molecule has 0 amide bonds. The van der Waals surface area contributed by atoms with Crippen LogP contribution in [0.4, 0.5) is 0 Å². The van der Waals surface area contributed by atoms with Crippen molar-refractivity contribution in [2.45, 2.75) is 50.4 Å². The topological polar surface area (TPSA) is 9.23 Å². The van der Waals surface area contributed by atoms with E-state index in [1.54, 1.807) is 0 Å². The molecule has 0 aromatic heterocycles. The van der Waals surface area contributed by atoms with Crippen LogP contribution in [0.1, 0.15) is 44.9 Å². The summed E-state index contributed by atoms with van der Waals surface area (Å²) in [4.78, 5) is 0. The van der Waals surface area contributed by atoms with Crippen LogP contribution in [0.5, 0.6) is 0 Å². The van der Waals surface area contributed by atoms with Crippen LogP contribution in [0.2, 0.25) is 0 Å². The Balaban J connectivity index is 2.37. The Bertz CT molecular complexity index is 106. The van der Waals surface area contributed by atoms with Crippen LogP contribution in [-0.2, 0) is 4.74 Å². The highest BCUT2D eigenvalue weighted by Crippen LogP contribution is 2.25. The van der Waals surface area contributed by atoms with Gasteiger partial charge in [-0.25, -0.2) is 0 Å². The zero-order valence-electron chi connectivity index (χ0n) is 7.86. The highest BCUT2D eigenvalue weighted by molar-refractivity contribution is 6.14. The average molecular weight is 154 g/mol. The molecule has 1 saturated carbocycles. The van der Waals surface area contributed by atoms with E-state index in [1.807, 2.05) is 7.11 Å². The van der Waals surface area contributed by atoms with E-state index in [1.165, 1.54) is 44.9 Å². The van der Waals surface area contributed by atoms with Gasteiger partial charge in [0.25, 0.3) is 0 Å². The molecule has 0 bridgehead atoms. The Morgan fingerprint density at radius 2 is 1.45 bits per heavy atom. The van der Waals surface area contributed by atoms with Crippen LogP contribution < -0.4 is 0 Å². The average Bonchev–Trinajstić information content (AvgIpc) is 1.98. The largest absolute Gasteiger partial charge is 0.387 e. The molecule has 0 aromatic rings. The number of hydrogen-bond donors (Lipinski definition) is 0. The van der Waals surface area contributed by atoms with E-state index < -0.39 is 0 Å². The second-order valence-electron chi connectivity index (χ2n) is 3.92. The molecule has 0 spiro atoms. The minimum atomic E-state index is 0.195. The Kier molecular flexibility index (Phi) is 3.44. The van der Waals surface area contributed by atoms with Gasteiger partial charge in [-0.15, -0.1) is 0 Å². The van der Waals surface area contributed by atoms with Gasteiger partial charge in [-0.1, -0.05) is 32.1 Å². The van der Waals surface area contributed by atoms with Gasteiger partial charge < -0.3 is 4.74 Å². The van der Waals surface area contributed by atoms with Gasteiger partial charge in [0.2, 0.25) is 0 Å². The molecule has 0 radical (unpaired) electrons. The van der Waals surface area contributed by atoms with Crippen LogP contribution in [0.25, 0.3) is 0 Å². The summed E-state index contributed by atoms with van der Waals surface area (Å²) < 4.78 is 5.51. The van der Waals surface area contributed by atoms with Crippen molar-refractivity contribution in [2.24, 2.45) is 0 Å². The minimum Gasteiger partial charge on any atom is -0.387 e. The molecule has 1 aliphatic rings. The normalized spacial score (nSPS) is 25.5. The summed E-state index contributed by atoms with van der Waals surface area (Å²) in [6, 6.07) is 0. The van der Waals surface area contributed by atoms with Crippen LogP contribution in [0.3, 0.4) is 0 Å². The molecular weight excluding hydrogens is 135 g/mol. The first-order valence-corrected chi connectivity index (χ1v) is 4.82. The van der Waals surface area contributed by atoms with Gasteiger partial charge in [0.15, 0.2) is 0 Å². The lowest BCUT2D eigenvalue weighted by atomic mass is 9.72. The van der Waals surface area contributed by atoms with E-state index in [0.29, 0.717) is 0 Å². The molecule has 0 heterocycles. The molecule has 1 fully saturated rings. The third-order valence-corrected chi connectivity index (χ3v) is 2.90. The van der Waals surface area contributed by atoms with Crippen molar-refractivity contribution >= 4 is 7.85 Å². The smallest absolute Gasteiger partial charge is 0.143 e. The van der Waals surface area contributed by atoms with Crippen molar-refractivity contribution in [3.05, 3.63) is 0 Å². The van der Waals surface area contributed by atoms with Crippen LogP contribution >= 0.6 is 0 Å². The lowest BCUT2D eigenvalue weighted by Gasteiger charge is -2.30. The number of hydrogen-bond acceptors (Lipinski definition) is 1. The number of methoxy groups -OCH3 is 1. The summed E-state index contributed by atoms with van der Waals surface area (Å²) in [6.07, 6.45) is 9.44. The van der Waals surface area contributed by atoms with Crippen molar-refractivity contribution in [2.75, 3.05) is 7.11 Å². The fourth-order valence-corrected chi connectivity index (χ4v) is 1.86. The van der Waals surface area contributed by atoms with Gasteiger partial charge >= 0.3 is 0 Å². The summed E-state index contributed by atoms with van der Waals surface area (Å²) in [6.45, 7) is 0. The van der Waals surface area contributed by atoms with Gasteiger partial charge in [0, 0.05) is 12.6 Å². The van der Waals surface area contributed by atoms with Crippen molar-refractivity contribution in [3.8, 4) is 0 Å². The lowest BCUT2D eigenvalue weighted by Crippen LogP contribution is -2.32. The fraction of sp³-hybridized carbons (Fsp3) is 1.00. The molecule has 11 heavy (non-hydrogen) atoms. The van der Waals surface area contributed by atoms with Crippen LogP contribution in [0, 0.1) is 0 Å². The predicted molar refractivity (Wildman–Crippen MR) is 50.6 cm³/mol. The molecule has 0 atom stereocenters. The Hall–Kier alpha value is 0.0249. The van der Waals surface area contributed by atoms with Gasteiger partial charge in [-0.3, -0.25) is 0 Å².